The maximum Gasteiger partial charge on any atom is 0.311 e. The van der Waals surface area contributed by atoms with Gasteiger partial charge in [-0.05, 0) is 23.8 Å². The molecule has 26 heavy (non-hydrogen) atoms. The number of nitrogens with one attached hydrogen (secondary N) is 1. The summed E-state index contributed by atoms with van der Waals surface area (Å²) in [4.78, 5) is 25.4. The fourth-order valence-corrected chi connectivity index (χ4v) is 3.36. The van der Waals surface area contributed by atoms with Gasteiger partial charge in [0.1, 0.15) is 0 Å². The minimum Gasteiger partial charge on any atom is -0.490 e. The van der Waals surface area contributed by atoms with Gasteiger partial charge in [-0.15, -0.1) is 0 Å². The van der Waals surface area contributed by atoms with E-state index in [1.807, 2.05) is 18.2 Å². The average molecular weight is 376 g/mol. The Kier molecular flexibility index (Phi) is 5.39. The minimum atomic E-state index is -0.557. The maximum atomic E-state index is 13.1. The topological polar surface area (TPSA) is 84.7 Å². The lowest BCUT2D eigenvalue weighted by atomic mass is 10.0. The summed E-state index contributed by atoms with van der Waals surface area (Å²) in [5.74, 6) is -0.156. The van der Waals surface area contributed by atoms with Gasteiger partial charge in [-0.25, -0.2) is 0 Å². The fraction of sp³-hybridized carbons (Fsp3) is 0.278. The van der Waals surface area contributed by atoms with Gasteiger partial charge in [0, 0.05) is 36.3 Å². The number of nitro benzene ring substituents is 1. The lowest BCUT2D eigenvalue weighted by Gasteiger charge is -2.37. The summed E-state index contributed by atoms with van der Waals surface area (Å²) in [6, 6.07) is 11.4. The molecule has 1 amide bonds. The molecule has 2 aromatic rings. The van der Waals surface area contributed by atoms with Crippen LogP contribution in [-0.4, -0.2) is 42.5 Å². The quantitative estimate of drug-likeness (QED) is 0.655. The van der Waals surface area contributed by atoms with Crippen molar-refractivity contribution in [1.82, 2.24) is 10.2 Å². The third-order valence-corrected chi connectivity index (χ3v) is 4.74. The van der Waals surface area contributed by atoms with Crippen molar-refractivity contribution in [3.8, 4) is 5.75 Å². The third kappa shape index (κ3) is 3.49. The average Bonchev–Trinajstić information content (AvgIpc) is 2.67. The minimum absolute atomic E-state index is 0.120. The smallest absolute Gasteiger partial charge is 0.311 e. The van der Waals surface area contributed by atoms with Gasteiger partial charge in [-0.2, -0.15) is 0 Å². The first-order valence-electron chi connectivity index (χ1n) is 8.11. The summed E-state index contributed by atoms with van der Waals surface area (Å²) in [6.07, 6.45) is 0. The van der Waals surface area contributed by atoms with Crippen molar-refractivity contribution in [2.75, 3.05) is 26.7 Å². The van der Waals surface area contributed by atoms with Crippen molar-refractivity contribution >= 4 is 23.2 Å². The van der Waals surface area contributed by atoms with E-state index in [4.69, 9.17) is 16.3 Å². The van der Waals surface area contributed by atoms with Crippen molar-refractivity contribution in [3.05, 3.63) is 68.7 Å². The lowest BCUT2D eigenvalue weighted by molar-refractivity contribution is -0.385. The Morgan fingerprint density at radius 3 is 2.81 bits per heavy atom. The van der Waals surface area contributed by atoms with Gasteiger partial charge in [-0.1, -0.05) is 29.8 Å². The molecule has 0 aliphatic carbocycles. The van der Waals surface area contributed by atoms with E-state index in [-0.39, 0.29) is 28.9 Å². The molecular weight excluding hydrogens is 358 g/mol. The molecule has 2 aromatic carbocycles. The van der Waals surface area contributed by atoms with Crippen molar-refractivity contribution in [3.63, 3.8) is 0 Å². The molecule has 1 saturated heterocycles. The van der Waals surface area contributed by atoms with Crippen LogP contribution in [0.4, 0.5) is 5.69 Å². The molecule has 0 spiro atoms. The first-order valence-corrected chi connectivity index (χ1v) is 8.49. The summed E-state index contributed by atoms with van der Waals surface area (Å²) in [5, 5.41) is 15.1. The monoisotopic (exact) mass is 375 g/mol. The van der Waals surface area contributed by atoms with E-state index in [9.17, 15) is 14.9 Å². The standard InChI is InChI=1S/C18H18ClN3O4/c1-26-17-7-6-12(10-15(17)22(24)25)18(23)21-9-8-20-11-16(21)13-4-2-3-5-14(13)19/h2-7,10,16,20H,8-9,11H2,1H3. The molecule has 1 aliphatic rings. The zero-order chi connectivity index (χ0) is 18.7. The Balaban J connectivity index is 1.96. The number of benzene rings is 2. The van der Waals surface area contributed by atoms with Crippen LogP contribution in [-0.2, 0) is 0 Å². The fourth-order valence-electron chi connectivity index (χ4n) is 3.10. The number of ether oxygens (including phenoxy) is 1. The van der Waals surface area contributed by atoms with Crippen LogP contribution in [0, 0.1) is 10.1 Å². The molecule has 8 heteroatoms. The van der Waals surface area contributed by atoms with Gasteiger partial charge >= 0.3 is 5.69 Å². The van der Waals surface area contributed by atoms with Crippen LogP contribution in [0.3, 0.4) is 0 Å². The maximum absolute atomic E-state index is 13.1. The largest absolute Gasteiger partial charge is 0.490 e. The van der Waals surface area contributed by atoms with E-state index < -0.39 is 4.92 Å². The Bertz CT molecular complexity index is 843. The van der Waals surface area contributed by atoms with Gasteiger partial charge in [0.25, 0.3) is 5.91 Å². The number of amides is 1. The normalized spacial score (nSPS) is 17.0. The van der Waals surface area contributed by atoms with E-state index in [0.29, 0.717) is 24.7 Å². The summed E-state index contributed by atoms with van der Waals surface area (Å²) < 4.78 is 5.00. The van der Waals surface area contributed by atoms with Crippen LogP contribution < -0.4 is 10.1 Å². The highest BCUT2D eigenvalue weighted by Crippen LogP contribution is 2.32. The number of rotatable bonds is 4. The zero-order valence-corrected chi connectivity index (χ0v) is 14.9. The van der Waals surface area contributed by atoms with Crippen molar-refractivity contribution in [2.24, 2.45) is 0 Å². The number of nitro groups is 1. The number of carbonyl (C=O) groups is 1. The molecule has 1 atom stereocenters. The van der Waals surface area contributed by atoms with Crippen LogP contribution in [0.15, 0.2) is 42.5 Å². The first-order chi connectivity index (χ1) is 12.5. The molecule has 0 bridgehead atoms. The first kappa shape index (κ1) is 18.2. The molecule has 1 N–H and O–H groups in total. The van der Waals surface area contributed by atoms with Gasteiger partial charge in [0.05, 0.1) is 18.1 Å². The Hall–Kier alpha value is -2.64. The molecule has 7 nitrogen and oxygen atoms in total. The van der Waals surface area contributed by atoms with Gasteiger partial charge in [0.2, 0.25) is 0 Å². The van der Waals surface area contributed by atoms with E-state index >= 15 is 0 Å². The second-order valence-electron chi connectivity index (χ2n) is 5.88. The number of hydrogen-bond donors (Lipinski definition) is 1. The van der Waals surface area contributed by atoms with E-state index in [1.165, 1.54) is 19.2 Å². The summed E-state index contributed by atoms with van der Waals surface area (Å²) in [5.41, 5.74) is 0.858. The number of nitrogens with zero attached hydrogens (tertiary/aromatic N) is 2. The van der Waals surface area contributed by atoms with Crippen molar-refractivity contribution in [1.29, 1.82) is 0 Å². The second kappa shape index (κ2) is 7.72. The number of methoxy groups -OCH3 is 1. The number of piperazine rings is 1. The van der Waals surface area contributed by atoms with Crippen molar-refractivity contribution < 1.29 is 14.5 Å². The van der Waals surface area contributed by atoms with Crippen molar-refractivity contribution in [2.45, 2.75) is 6.04 Å². The molecule has 3 rings (SSSR count). The Morgan fingerprint density at radius 2 is 2.12 bits per heavy atom. The van der Waals surface area contributed by atoms with E-state index in [2.05, 4.69) is 5.32 Å². The highest BCUT2D eigenvalue weighted by Gasteiger charge is 2.31. The van der Waals surface area contributed by atoms with Gasteiger partial charge < -0.3 is 15.0 Å². The predicted octanol–water partition coefficient (Wildman–Crippen LogP) is 3.04. The second-order valence-corrected chi connectivity index (χ2v) is 6.29. The van der Waals surface area contributed by atoms with Crippen LogP contribution in [0.5, 0.6) is 5.75 Å². The van der Waals surface area contributed by atoms with Crippen LogP contribution in [0.25, 0.3) is 0 Å². The van der Waals surface area contributed by atoms with Gasteiger partial charge in [0.15, 0.2) is 5.75 Å². The summed E-state index contributed by atoms with van der Waals surface area (Å²) >= 11 is 6.31. The molecule has 136 valence electrons. The molecule has 1 fully saturated rings. The SMILES string of the molecule is COc1ccc(C(=O)N2CCNCC2c2ccccc2Cl)cc1[N+](=O)[O-]. The van der Waals surface area contributed by atoms with Crippen LogP contribution in [0.2, 0.25) is 5.02 Å². The molecule has 0 saturated carbocycles. The summed E-state index contributed by atoms with van der Waals surface area (Å²) in [7, 11) is 1.35. The summed E-state index contributed by atoms with van der Waals surface area (Å²) in [6.45, 7) is 1.69. The molecular formula is C18H18ClN3O4. The van der Waals surface area contributed by atoms with Crippen LogP contribution >= 0.6 is 11.6 Å². The predicted molar refractivity (Wildman–Crippen MR) is 97.7 cm³/mol. The Labute approximate surface area is 155 Å². The molecule has 0 aromatic heterocycles. The van der Waals surface area contributed by atoms with E-state index in [1.54, 1.807) is 17.0 Å². The molecule has 1 unspecified atom stereocenters. The molecule has 1 aliphatic heterocycles. The Morgan fingerprint density at radius 1 is 1.35 bits per heavy atom. The van der Waals surface area contributed by atoms with E-state index in [0.717, 1.165) is 5.56 Å². The molecule has 1 heterocycles. The molecule has 0 radical (unpaired) electrons. The highest BCUT2D eigenvalue weighted by molar-refractivity contribution is 6.31. The van der Waals surface area contributed by atoms with Crippen LogP contribution in [0.1, 0.15) is 22.0 Å². The third-order valence-electron chi connectivity index (χ3n) is 4.39. The zero-order valence-electron chi connectivity index (χ0n) is 14.1. The highest BCUT2D eigenvalue weighted by atomic mass is 35.5. The number of carbonyl (C=O) groups excluding carboxylic acids is 1. The number of halogens is 1. The number of hydrogen-bond acceptors (Lipinski definition) is 5. The lowest BCUT2D eigenvalue weighted by Crippen LogP contribution is -2.48. The van der Waals surface area contributed by atoms with Gasteiger partial charge in [-0.3, -0.25) is 14.9 Å².